The minimum Gasteiger partial charge on any atom is -0.493 e. The summed E-state index contributed by atoms with van der Waals surface area (Å²) in [5, 5.41) is 0. The lowest BCUT2D eigenvalue weighted by Crippen LogP contribution is -2.32. The van der Waals surface area contributed by atoms with Gasteiger partial charge < -0.3 is 14.4 Å². The second-order valence-electron chi connectivity index (χ2n) is 6.39. The molecule has 0 N–H and O–H groups in total. The molecule has 0 saturated carbocycles. The third kappa shape index (κ3) is 6.55. The number of carbonyl (C=O) groups is 1. The summed E-state index contributed by atoms with van der Waals surface area (Å²) in [6.07, 6.45) is 3.46. The first-order chi connectivity index (χ1) is 12.1. The monoisotopic (exact) mass is 342 g/mol. The number of nitrogens with zero attached hydrogens (tertiary/aromatic N) is 2. The van der Waals surface area contributed by atoms with Gasteiger partial charge in [-0.3, -0.25) is 9.78 Å². The number of aromatic nitrogens is 1. The Morgan fingerprint density at radius 3 is 2.20 bits per heavy atom. The largest absolute Gasteiger partial charge is 0.493 e. The maximum absolute atomic E-state index is 12.4. The molecule has 1 aromatic heterocycles. The smallest absolute Gasteiger partial charge is 0.249 e. The highest BCUT2D eigenvalue weighted by atomic mass is 16.5. The van der Waals surface area contributed by atoms with Crippen molar-refractivity contribution in [2.75, 3.05) is 20.3 Å². The number of amides is 1. The molecule has 1 amide bonds. The van der Waals surface area contributed by atoms with E-state index in [4.69, 9.17) is 9.47 Å². The Hall–Kier alpha value is -2.40. The van der Waals surface area contributed by atoms with Crippen molar-refractivity contribution in [1.82, 2.24) is 9.88 Å². The molecule has 1 aromatic carbocycles. The van der Waals surface area contributed by atoms with Gasteiger partial charge in [0.1, 0.15) is 12.4 Å². The fourth-order valence-corrected chi connectivity index (χ4v) is 2.33. The summed E-state index contributed by atoms with van der Waals surface area (Å²) in [5.74, 6) is 1.29. The second kappa shape index (κ2) is 9.79. The van der Waals surface area contributed by atoms with E-state index in [2.05, 4.69) is 18.8 Å². The van der Waals surface area contributed by atoms with E-state index in [0.717, 1.165) is 16.9 Å². The molecule has 0 aliphatic carbocycles. The molecular weight excluding hydrogens is 316 g/mol. The van der Waals surface area contributed by atoms with Gasteiger partial charge >= 0.3 is 0 Å². The predicted molar refractivity (Wildman–Crippen MR) is 97.1 cm³/mol. The Morgan fingerprint density at radius 2 is 1.64 bits per heavy atom. The van der Waals surface area contributed by atoms with Gasteiger partial charge in [-0.25, -0.2) is 0 Å². The predicted octanol–water partition coefficient (Wildman–Crippen LogP) is 3.29. The van der Waals surface area contributed by atoms with Crippen LogP contribution >= 0.6 is 0 Å². The molecule has 2 aromatic rings. The summed E-state index contributed by atoms with van der Waals surface area (Å²) in [5.41, 5.74) is 2.09. The quantitative estimate of drug-likeness (QED) is 0.702. The lowest BCUT2D eigenvalue weighted by molar-refractivity contribution is -0.136. The maximum atomic E-state index is 12.4. The molecule has 5 nitrogen and oxygen atoms in total. The van der Waals surface area contributed by atoms with Crippen LogP contribution < -0.4 is 4.74 Å². The molecule has 5 heteroatoms. The fourth-order valence-electron chi connectivity index (χ4n) is 2.33. The van der Waals surface area contributed by atoms with E-state index in [1.807, 2.05) is 36.4 Å². The Labute approximate surface area is 149 Å². The molecule has 0 radical (unpaired) electrons. The van der Waals surface area contributed by atoms with Crippen molar-refractivity contribution >= 4 is 5.91 Å². The molecule has 0 spiro atoms. The summed E-state index contributed by atoms with van der Waals surface area (Å²) in [6, 6.07) is 11.7. The van der Waals surface area contributed by atoms with Gasteiger partial charge in [0.2, 0.25) is 5.91 Å². The molecule has 25 heavy (non-hydrogen) atoms. The Kier molecular flexibility index (Phi) is 7.41. The maximum Gasteiger partial charge on any atom is 0.249 e. The molecule has 0 atom stereocenters. The zero-order valence-electron chi connectivity index (χ0n) is 15.1. The average molecular weight is 342 g/mol. The minimum atomic E-state index is -0.0422. The van der Waals surface area contributed by atoms with E-state index in [-0.39, 0.29) is 12.5 Å². The molecule has 134 valence electrons. The van der Waals surface area contributed by atoms with Crippen LogP contribution in [-0.2, 0) is 22.6 Å². The van der Waals surface area contributed by atoms with Gasteiger partial charge in [-0.15, -0.1) is 0 Å². The van der Waals surface area contributed by atoms with Gasteiger partial charge in [-0.1, -0.05) is 26.0 Å². The number of hydrogen-bond acceptors (Lipinski definition) is 4. The molecule has 0 fully saturated rings. The van der Waals surface area contributed by atoms with Crippen LogP contribution in [0, 0.1) is 5.92 Å². The van der Waals surface area contributed by atoms with Gasteiger partial charge in [0.25, 0.3) is 0 Å². The van der Waals surface area contributed by atoms with Crippen LogP contribution in [0.25, 0.3) is 0 Å². The number of benzene rings is 1. The normalized spacial score (nSPS) is 10.7. The number of ether oxygens (including phenoxy) is 2. The third-order valence-corrected chi connectivity index (χ3v) is 3.62. The van der Waals surface area contributed by atoms with Gasteiger partial charge in [-0.2, -0.15) is 0 Å². The Balaban J connectivity index is 2.03. The standard InChI is InChI=1S/C20H26N2O3/c1-16(2)14-25-19-6-4-17(5-7-19)12-22(20(23)15-24-3)13-18-8-10-21-11-9-18/h4-11,16H,12-15H2,1-3H3. The summed E-state index contributed by atoms with van der Waals surface area (Å²) in [7, 11) is 1.53. The molecule has 0 unspecified atom stereocenters. The summed E-state index contributed by atoms with van der Waals surface area (Å²) >= 11 is 0. The average Bonchev–Trinajstić information content (AvgIpc) is 2.61. The molecular formula is C20H26N2O3. The van der Waals surface area contributed by atoms with Crippen molar-refractivity contribution in [1.29, 1.82) is 0 Å². The van der Waals surface area contributed by atoms with Gasteiger partial charge in [-0.05, 0) is 41.3 Å². The van der Waals surface area contributed by atoms with Crippen LogP contribution in [0.15, 0.2) is 48.8 Å². The highest BCUT2D eigenvalue weighted by Gasteiger charge is 2.14. The minimum absolute atomic E-state index is 0.0422. The van der Waals surface area contributed by atoms with E-state index in [0.29, 0.717) is 25.6 Å². The van der Waals surface area contributed by atoms with Crippen LogP contribution in [-0.4, -0.2) is 36.1 Å². The van der Waals surface area contributed by atoms with E-state index in [1.54, 1.807) is 17.3 Å². The lowest BCUT2D eigenvalue weighted by Gasteiger charge is -2.23. The SMILES string of the molecule is COCC(=O)N(Cc1ccncc1)Cc1ccc(OCC(C)C)cc1. The number of hydrogen-bond donors (Lipinski definition) is 0. The number of methoxy groups -OCH3 is 1. The highest BCUT2D eigenvalue weighted by Crippen LogP contribution is 2.16. The molecule has 0 aliphatic rings. The Morgan fingerprint density at radius 1 is 1.04 bits per heavy atom. The molecule has 2 rings (SSSR count). The first kappa shape index (κ1) is 18.9. The third-order valence-electron chi connectivity index (χ3n) is 3.62. The molecule has 1 heterocycles. The molecule has 0 bridgehead atoms. The molecule has 0 aliphatic heterocycles. The fraction of sp³-hybridized carbons (Fsp3) is 0.400. The first-order valence-electron chi connectivity index (χ1n) is 8.46. The zero-order valence-corrected chi connectivity index (χ0v) is 15.1. The lowest BCUT2D eigenvalue weighted by atomic mass is 10.1. The topological polar surface area (TPSA) is 51.7 Å². The van der Waals surface area contributed by atoms with Gasteiger partial charge in [0.15, 0.2) is 0 Å². The first-order valence-corrected chi connectivity index (χ1v) is 8.46. The van der Waals surface area contributed by atoms with Crippen LogP contribution in [0.1, 0.15) is 25.0 Å². The van der Waals surface area contributed by atoms with Crippen LogP contribution in [0.3, 0.4) is 0 Å². The van der Waals surface area contributed by atoms with Crippen molar-refractivity contribution in [3.8, 4) is 5.75 Å². The van der Waals surface area contributed by atoms with Crippen molar-refractivity contribution in [2.45, 2.75) is 26.9 Å². The van der Waals surface area contributed by atoms with Gasteiger partial charge in [0.05, 0.1) is 6.61 Å². The number of rotatable bonds is 9. The van der Waals surface area contributed by atoms with Crippen LogP contribution in [0.4, 0.5) is 0 Å². The second-order valence-corrected chi connectivity index (χ2v) is 6.39. The van der Waals surface area contributed by atoms with E-state index in [9.17, 15) is 4.79 Å². The number of carbonyl (C=O) groups excluding carboxylic acids is 1. The summed E-state index contributed by atoms with van der Waals surface area (Å²) in [4.78, 5) is 18.2. The van der Waals surface area contributed by atoms with Crippen molar-refractivity contribution in [3.05, 3.63) is 59.9 Å². The Bertz CT molecular complexity index is 642. The number of pyridine rings is 1. The van der Waals surface area contributed by atoms with E-state index < -0.39 is 0 Å². The van der Waals surface area contributed by atoms with Crippen molar-refractivity contribution in [3.63, 3.8) is 0 Å². The van der Waals surface area contributed by atoms with E-state index >= 15 is 0 Å². The highest BCUT2D eigenvalue weighted by molar-refractivity contribution is 5.77. The van der Waals surface area contributed by atoms with Crippen molar-refractivity contribution in [2.24, 2.45) is 5.92 Å². The van der Waals surface area contributed by atoms with Crippen LogP contribution in [0.5, 0.6) is 5.75 Å². The van der Waals surface area contributed by atoms with Crippen molar-refractivity contribution < 1.29 is 14.3 Å². The van der Waals surface area contributed by atoms with E-state index in [1.165, 1.54) is 7.11 Å². The molecule has 0 saturated heterocycles. The zero-order chi connectivity index (χ0) is 18.1. The summed E-state index contributed by atoms with van der Waals surface area (Å²) in [6.45, 7) is 6.05. The van der Waals surface area contributed by atoms with Gasteiger partial charge in [0, 0.05) is 32.6 Å². The van der Waals surface area contributed by atoms with Crippen LogP contribution in [0.2, 0.25) is 0 Å². The summed E-state index contributed by atoms with van der Waals surface area (Å²) < 4.78 is 10.7.